The molecule has 220 valence electrons. The third kappa shape index (κ3) is 4.62. The Labute approximate surface area is 251 Å². The highest BCUT2D eigenvalue weighted by Gasteiger charge is 2.37. The van der Waals surface area contributed by atoms with Gasteiger partial charge in [-0.1, -0.05) is 61.1 Å². The number of aromatic nitrogens is 3. The lowest BCUT2D eigenvalue weighted by molar-refractivity contribution is -0.139. The molecule has 9 nitrogen and oxygen atoms in total. The molecule has 0 saturated carbocycles. The van der Waals surface area contributed by atoms with Crippen LogP contribution in [0.25, 0.3) is 27.9 Å². The van der Waals surface area contributed by atoms with Crippen LogP contribution in [0, 0.1) is 0 Å². The molecule has 0 N–H and O–H groups in total. The van der Waals surface area contributed by atoms with Gasteiger partial charge in [-0.25, -0.2) is 14.6 Å². The topological polar surface area (TPSA) is 96.8 Å². The van der Waals surface area contributed by atoms with Crippen molar-refractivity contribution in [2.75, 3.05) is 13.7 Å². The normalized spacial score (nSPS) is 15.2. The molecule has 2 aromatic heterocycles. The van der Waals surface area contributed by atoms with Crippen LogP contribution < -0.4 is 25.3 Å². The molecule has 10 heteroatoms. The number of hydrogen-bond donors (Lipinski definition) is 0. The van der Waals surface area contributed by atoms with Crippen LogP contribution in [0.3, 0.4) is 0 Å². The second kappa shape index (κ2) is 11.2. The first kappa shape index (κ1) is 28.4. The van der Waals surface area contributed by atoms with E-state index in [0.29, 0.717) is 38.3 Å². The van der Waals surface area contributed by atoms with Gasteiger partial charge in [0.25, 0.3) is 5.56 Å². The number of aryl methyl sites for hydroxylation is 2. The number of allylic oxidation sites excluding steroid dienone is 1. The molecule has 0 saturated heterocycles. The van der Waals surface area contributed by atoms with E-state index in [9.17, 15) is 14.4 Å². The highest BCUT2D eigenvalue weighted by molar-refractivity contribution is 7.07. The monoisotopic (exact) mass is 596 g/mol. The Morgan fingerprint density at radius 2 is 1.79 bits per heavy atom. The first-order valence-corrected chi connectivity index (χ1v) is 15.0. The van der Waals surface area contributed by atoms with Gasteiger partial charge in [-0.15, -0.1) is 0 Å². The summed E-state index contributed by atoms with van der Waals surface area (Å²) in [5.74, 6) is 0.0627. The maximum Gasteiger partial charge on any atom is 0.338 e. The van der Waals surface area contributed by atoms with E-state index in [1.807, 2.05) is 67.6 Å². The Kier molecular flexibility index (Phi) is 7.39. The number of imidazole rings is 1. The fraction of sp³-hybridized carbons (Fsp3) is 0.273. The maximum atomic E-state index is 14.3. The van der Waals surface area contributed by atoms with Crippen LogP contribution >= 0.6 is 11.3 Å². The number of esters is 1. The third-order valence-electron chi connectivity index (χ3n) is 7.91. The molecule has 0 spiro atoms. The van der Waals surface area contributed by atoms with E-state index >= 15 is 0 Å². The lowest BCUT2D eigenvalue weighted by Gasteiger charge is -2.28. The molecule has 1 aliphatic heterocycles. The predicted octanol–water partition coefficient (Wildman–Crippen LogP) is 3.93. The number of rotatable bonds is 7. The van der Waals surface area contributed by atoms with E-state index < -0.39 is 12.0 Å². The van der Waals surface area contributed by atoms with Gasteiger partial charge in [-0.3, -0.25) is 18.5 Å². The molecular formula is C33H32N4O5S. The van der Waals surface area contributed by atoms with E-state index in [1.165, 1.54) is 11.3 Å². The molecule has 43 heavy (non-hydrogen) atoms. The quantitative estimate of drug-likeness (QED) is 0.265. The van der Waals surface area contributed by atoms with Crippen molar-refractivity contribution in [2.45, 2.75) is 32.7 Å². The molecular weight excluding hydrogens is 564 g/mol. The number of thiazole rings is 1. The van der Waals surface area contributed by atoms with Gasteiger partial charge in [-0.05, 0) is 54.0 Å². The van der Waals surface area contributed by atoms with Crippen LogP contribution in [0.4, 0.5) is 0 Å². The molecule has 1 aliphatic rings. The summed E-state index contributed by atoms with van der Waals surface area (Å²) in [5, 5.41) is 1.83. The molecule has 0 bridgehead atoms. The smallest absolute Gasteiger partial charge is 0.338 e. The minimum Gasteiger partial charge on any atom is -0.496 e. The van der Waals surface area contributed by atoms with Crippen molar-refractivity contribution in [3.05, 3.63) is 107 Å². The Balaban J connectivity index is 1.66. The van der Waals surface area contributed by atoms with E-state index in [2.05, 4.69) is 0 Å². The van der Waals surface area contributed by atoms with Crippen molar-refractivity contribution in [1.82, 2.24) is 13.7 Å². The summed E-state index contributed by atoms with van der Waals surface area (Å²) in [4.78, 5) is 45.9. The molecule has 5 aromatic rings. The Hall–Kier alpha value is -4.70. The summed E-state index contributed by atoms with van der Waals surface area (Å²) >= 11 is 1.28. The SMILES string of the molecule is CCCC1=C(C(=O)OCC)[C@H](c2c(OC)ccc3ccccc23)n2c(s/c(=C/c3ccc4c(c3)n(C)c(=O)n4C)c2=O)=N1. The first-order valence-electron chi connectivity index (χ1n) is 14.2. The number of benzene rings is 3. The van der Waals surface area contributed by atoms with Gasteiger partial charge in [0.15, 0.2) is 4.80 Å². The van der Waals surface area contributed by atoms with Crippen LogP contribution in [-0.4, -0.2) is 33.4 Å². The predicted molar refractivity (Wildman–Crippen MR) is 168 cm³/mol. The number of fused-ring (bicyclic) bond motifs is 3. The molecule has 3 heterocycles. The van der Waals surface area contributed by atoms with Crippen molar-refractivity contribution in [3.8, 4) is 5.75 Å². The highest BCUT2D eigenvalue weighted by atomic mass is 32.1. The van der Waals surface area contributed by atoms with Gasteiger partial charge in [0.1, 0.15) is 11.8 Å². The number of ether oxygens (including phenoxy) is 2. The van der Waals surface area contributed by atoms with Crippen LogP contribution in [0.15, 0.2) is 80.4 Å². The first-order chi connectivity index (χ1) is 20.8. The van der Waals surface area contributed by atoms with Crippen molar-refractivity contribution < 1.29 is 14.3 Å². The highest BCUT2D eigenvalue weighted by Crippen LogP contribution is 2.41. The van der Waals surface area contributed by atoms with Gasteiger partial charge >= 0.3 is 11.7 Å². The zero-order valence-electron chi connectivity index (χ0n) is 24.7. The Morgan fingerprint density at radius 3 is 2.53 bits per heavy atom. The standard InChI is InChI=1S/C33H32N4O5S/c1-6-10-22-28(31(39)42-7-2)29(27-21-12-9-8-11-20(21)14-16-25(27)41-5)37-30(38)26(43-32(37)34-22)18-19-13-15-23-24(17-19)36(4)33(40)35(23)3/h8-9,11-18,29H,6-7,10H2,1-5H3/b26-18+/t29-/m0/s1. The molecule has 3 aromatic carbocycles. The summed E-state index contributed by atoms with van der Waals surface area (Å²) in [6.07, 6.45) is 3.11. The molecule has 1 atom stereocenters. The number of carbonyl (C=O) groups is 1. The molecule has 0 unspecified atom stereocenters. The average molecular weight is 597 g/mol. The summed E-state index contributed by atoms with van der Waals surface area (Å²) < 4.78 is 16.7. The molecule has 0 aliphatic carbocycles. The Morgan fingerprint density at radius 1 is 1.02 bits per heavy atom. The third-order valence-corrected chi connectivity index (χ3v) is 8.89. The van der Waals surface area contributed by atoms with E-state index in [1.54, 1.807) is 41.8 Å². The summed E-state index contributed by atoms with van der Waals surface area (Å²) in [6, 6.07) is 16.5. The molecule has 0 amide bonds. The number of carbonyl (C=O) groups excluding carboxylic acids is 1. The van der Waals surface area contributed by atoms with Crippen LogP contribution in [0.2, 0.25) is 0 Å². The molecule has 0 fully saturated rings. The van der Waals surface area contributed by atoms with E-state index in [0.717, 1.165) is 33.8 Å². The largest absolute Gasteiger partial charge is 0.496 e. The Bertz CT molecular complexity index is 2200. The number of hydrogen-bond acceptors (Lipinski definition) is 7. The minimum absolute atomic E-state index is 0.120. The molecule has 6 rings (SSSR count). The van der Waals surface area contributed by atoms with Crippen LogP contribution in [0.5, 0.6) is 5.75 Å². The van der Waals surface area contributed by atoms with Gasteiger partial charge in [-0.2, -0.15) is 0 Å². The zero-order valence-corrected chi connectivity index (χ0v) is 25.5. The fourth-order valence-electron chi connectivity index (χ4n) is 5.89. The zero-order chi connectivity index (χ0) is 30.4. The lowest BCUT2D eigenvalue weighted by Crippen LogP contribution is -2.40. The van der Waals surface area contributed by atoms with Gasteiger partial charge < -0.3 is 9.47 Å². The van der Waals surface area contributed by atoms with Crippen LogP contribution in [0.1, 0.15) is 43.9 Å². The van der Waals surface area contributed by atoms with E-state index in [4.69, 9.17) is 14.5 Å². The maximum absolute atomic E-state index is 14.3. The van der Waals surface area contributed by atoms with Crippen molar-refractivity contribution in [3.63, 3.8) is 0 Å². The fourth-order valence-corrected chi connectivity index (χ4v) is 6.91. The van der Waals surface area contributed by atoms with Gasteiger partial charge in [0.05, 0.1) is 40.6 Å². The van der Waals surface area contributed by atoms with Gasteiger partial charge in [0, 0.05) is 19.7 Å². The number of methoxy groups -OCH3 is 1. The summed E-state index contributed by atoms with van der Waals surface area (Å²) in [7, 11) is 5.05. The number of nitrogens with zero attached hydrogens (tertiary/aromatic N) is 4. The van der Waals surface area contributed by atoms with Crippen molar-refractivity contribution in [1.29, 1.82) is 0 Å². The van der Waals surface area contributed by atoms with Gasteiger partial charge in [0.2, 0.25) is 0 Å². The minimum atomic E-state index is -0.808. The molecule has 0 radical (unpaired) electrons. The summed E-state index contributed by atoms with van der Waals surface area (Å²) in [6.45, 7) is 3.98. The lowest BCUT2D eigenvalue weighted by atomic mass is 9.90. The second-order valence-electron chi connectivity index (χ2n) is 10.5. The second-order valence-corrected chi connectivity index (χ2v) is 11.5. The van der Waals surface area contributed by atoms with Crippen LogP contribution in [-0.2, 0) is 23.6 Å². The average Bonchev–Trinajstić information content (AvgIpc) is 3.43. The van der Waals surface area contributed by atoms with Crippen molar-refractivity contribution >= 4 is 45.2 Å². The van der Waals surface area contributed by atoms with E-state index in [-0.39, 0.29) is 17.9 Å². The van der Waals surface area contributed by atoms with Crippen molar-refractivity contribution in [2.24, 2.45) is 19.1 Å². The summed E-state index contributed by atoms with van der Waals surface area (Å²) in [5.41, 5.74) is 3.61.